The van der Waals surface area contributed by atoms with Crippen LogP contribution in [-0.4, -0.2) is 29.2 Å². The highest BCUT2D eigenvalue weighted by Gasteiger charge is 2.23. The van der Waals surface area contributed by atoms with Crippen LogP contribution < -0.4 is 16.6 Å². The van der Waals surface area contributed by atoms with Crippen molar-refractivity contribution in [2.45, 2.75) is 39.2 Å². The first-order chi connectivity index (χ1) is 9.26. The van der Waals surface area contributed by atoms with Crippen LogP contribution in [-0.2, 0) is 11.2 Å². The first-order valence-corrected chi connectivity index (χ1v) is 6.91. The fourth-order valence-corrected chi connectivity index (χ4v) is 2.42. The van der Waals surface area contributed by atoms with Gasteiger partial charge in [-0.1, -0.05) is 20.3 Å². The van der Waals surface area contributed by atoms with Crippen molar-refractivity contribution in [3.63, 3.8) is 0 Å². The van der Waals surface area contributed by atoms with Crippen LogP contribution in [0.2, 0.25) is 0 Å². The number of anilines is 2. The summed E-state index contributed by atoms with van der Waals surface area (Å²) in [5, 5.41) is 3.53. The second kappa shape index (κ2) is 6.68. The van der Waals surface area contributed by atoms with Gasteiger partial charge in [-0.05, 0) is 18.8 Å². The topological polar surface area (TPSA) is 85.1 Å². The highest BCUT2D eigenvalue weighted by Crippen LogP contribution is 2.25. The molecule has 1 saturated heterocycles. The summed E-state index contributed by atoms with van der Waals surface area (Å²) in [6, 6.07) is 0.393. The summed E-state index contributed by atoms with van der Waals surface area (Å²) in [5.41, 5.74) is 3.71. The van der Waals surface area contributed by atoms with E-state index in [0.717, 1.165) is 43.9 Å². The van der Waals surface area contributed by atoms with Crippen LogP contribution in [0.15, 0.2) is 6.33 Å². The van der Waals surface area contributed by atoms with Crippen molar-refractivity contribution in [3.05, 3.63) is 11.9 Å². The standard InChI is InChI=1S/C13H23N5O/c1-3-4-10-12(15-8-16-13(10)18-14)17-11-5-6-19-7-9(11)2/h8-9,11H,3-7,14H2,1-2H3,(H2,15,16,17,18). The highest BCUT2D eigenvalue weighted by molar-refractivity contribution is 5.57. The molecule has 6 heteroatoms. The summed E-state index contributed by atoms with van der Waals surface area (Å²) in [7, 11) is 0. The minimum atomic E-state index is 0.393. The van der Waals surface area contributed by atoms with Crippen molar-refractivity contribution in [3.8, 4) is 0 Å². The summed E-state index contributed by atoms with van der Waals surface area (Å²) in [6.45, 7) is 5.93. The Morgan fingerprint density at radius 1 is 1.42 bits per heavy atom. The average molecular weight is 265 g/mol. The predicted octanol–water partition coefficient (Wildman–Crippen LogP) is 1.55. The number of ether oxygens (including phenoxy) is 1. The Morgan fingerprint density at radius 2 is 2.21 bits per heavy atom. The summed E-state index contributed by atoms with van der Waals surface area (Å²) in [4.78, 5) is 8.55. The van der Waals surface area contributed by atoms with Crippen molar-refractivity contribution < 1.29 is 4.74 Å². The Hall–Kier alpha value is -1.40. The zero-order valence-corrected chi connectivity index (χ0v) is 11.6. The third-order valence-corrected chi connectivity index (χ3v) is 3.55. The van der Waals surface area contributed by atoms with E-state index in [0.29, 0.717) is 17.8 Å². The molecule has 0 spiro atoms. The van der Waals surface area contributed by atoms with Crippen LogP contribution in [0.4, 0.5) is 11.6 Å². The molecular formula is C13H23N5O. The molecule has 0 bridgehead atoms. The molecule has 0 saturated carbocycles. The number of aromatic nitrogens is 2. The van der Waals surface area contributed by atoms with Crippen molar-refractivity contribution in [1.82, 2.24) is 9.97 Å². The van der Waals surface area contributed by atoms with Crippen LogP contribution in [0, 0.1) is 5.92 Å². The molecule has 1 aromatic heterocycles. The molecule has 1 aromatic rings. The van der Waals surface area contributed by atoms with Crippen molar-refractivity contribution in [1.29, 1.82) is 0 Å². The van der Waals surface area contributed by atoms with Gasteiger partial charge in [0.25, 0.3) is 0 Å². The molecule has 1 fully saturated rings. The maximum atomic E-state index is 5.52. The fraction of sp³-hybridized carbons (Fsp3) is 0.692. The number of nitrogens with zero attached hydrogens (tertiary/aromatic N) is 2. The molecule has 0 radical (unpaired) electrons. The first kappa shape index (κ1) is 14.0. The molecule has 106 valence electrons. The maximum Gasteiger partial charge on any atom is 0.148 e. The fourth-order valence-electron chi connectivity index (χ4n) is 2.42. The number of nitrogens with two attached hydrogens (primary N) is 1. The Balaban J connectivity index is 2.18. The van der Waals surface area contributed by atoms with E-state index >= 15 is 0 Å². The monoisotopic (exact) mass is 265 g/mol. The molecule has 4 N–H and O–H groups in total. The van der Waals surface area contributed by atoms with Gasteiger partial charge in [0, 0.05) is 18.2 Å². The largest absolute Gasteiger partial charge is 0.381 e. The van der Waals surface area contributed by atoms with Crippen molar-refractivity contribution in [2.24, 2.45) is 11.8 Å². The van der Waals surface area contributed by atoms with Gasteiger partial charge in [-0.25, -0.2) is 15.8 Å². The minimum Gasteiger partial charge on any atom is -0.381 e. The van der Waals surface area contributed by atoms with E-state index < -0.39 is 0 Å². The Labute approximate surface area is 114 Å². The highest BCUT2D eigenvalue weighted by atomic mass is 16.5. The van der Waals surface area contributed by atoms with E-state index in [9.17, 15) is 0 Å². The van der Waals surface area contributed by atoms with Gasteiger partial charge in [0.1, 0.15) is 18.0 Å². The van der Waals surface area contributed by atoms with Crippen LogP contribution in [0.5, 0.6) is 0 Å². The van der Waals surface area contributed by atoms with Gasteiger partial charge in [0.15, 0.2) is 0 Å². The van der Waals surface area contributed by atoms with E-state index in [1.54, 1.807) is 6.33 Å². The molecule has 0 amide bonds. The molecule has 0 aliphatic carbocycles. The zero-order valence-electron chi connectivity index (χ0n) is 11.6. The molecule has 2 unspecified atom stereocenters. The maximum absolute atomic E-state index is 5.52. The molecule has 2 rings (SSSR count). The van der Waals surface area contributed by atoms with Crippen LogP contribution in [0.1, 0.15) is 32.3 Å². The molecule has 2 heterocycles. The summed E-state index contributed by atoms with van der Waals surface area (Å²) in [6.07, 6.45) is 4.48. The SMILES string of the molecule is CCCc1c(NN)ncnc1NC1CCOCC1C. The third kappa shape index (κ3) is 3.33. The molecule has 0 aromatic carbocycles. The Bertz CT molecular complexity index is 412. The molecular weight excluding hydrogens is 242 g/mol. The average Bonchev–Trinajstić information content (AvgIpc) is 2.43. The van der Waals surface area contributed by atoms with Gasteiger partial charge in [-0.3, -0.25) is 0 Å². The smallest absolute Gasteiger partial charge is 0.148 e. The molecule has 6 nitrogen and oxygen atoms in total. The Kier molecular flexibility index (Phi) is 4.93. The lowest BCUT2D eigenvalue weighted by Crippen LogP contribution is -2.36. The second-order valence-electron chi connectivity index (χ2n) is 5.04. The quantitative estimate of drug-likeness (QED) is 0.553. The van der Waals surface area contributed by atoms with Gasteiger partial charge >= 0.3 is 0 Å². The molecule has 1 aliphatic heterocycles. The van der Waals surface area contributed by atoms with Gasteiger partial charge < -0.3 is 15.5 Å². The Morgan fingerprint density at radius 3 is 2.89 bits per heavy atom. The van der Waals surface area contributed by atoms with Crippen LogP contribution in [0.25, 0.3) is 0 Å². The molecule has 19 heavy (non-hydrogen) atoms. The van der Waals surface area contributed by atoms with Gasteiger partial charge in [-0.2, -0.15) is 0 Å². The van der Waals surface area contributed by atoms with Crippen LogP contribution in [0.3, 0.4) is 0 Å². The van der Waals surface area contributed by atoms with E-state index in [1.807, 2.05) is 0 Å². The van der Waals surface area contributed by atoms with E-state index in [4.69, 9.17) is 10.6 Å². The molecule has 2 atom stereocenters. The summed E-state index contributed by atoms with van der Waals surface area (Å²) >= 11 is 0. The van der Waals surface area contributed by atoms with E-state index in [-0.39, 0.29) is 0 Å². The van der Waals surface area contributed by atoms with Gasteiger partial charge in [0.05, 0.1) is 6.61 Å². The van der Waals surface area contributed by atoms with Gasteiger partial charge in [-0.15, -0.1) is 0 Å². The van der Waals surface area contributed by atoms with E-state index in [2.05, 4.69) is 34.6 Å². The second-order valence-corrected chi connectivity index (χ2v) is 5.04. The number of hydrogen-bond donors (Lipinski definition) is 3. The number of hydrogen-bond acceptors (Lipinski definition) is 6. The number of rotatable bonds is 5. The minimum absolute atomic E-state index is 0.393. The van der Waals surface area contributed by atoms with Crippen LogP contribution >= 0.6 is 0 Å². The van der Waals surface area contributed by atoms with Crippen molar-refractivity contribution >= 4 is 11.6 Å². The van der Waals surface area contributed by atoms with E-state index in [1.165, 1.54) is 0 Å². The summed E-state index contributed by atoms with van der Waals surface area (Å²) < 4.78 is 5.47. The lowest BCUT2D eigenvalue weighted by atomic mass is 9.97. The van der Waals surface area contributed by atoms with Gasteiger partial charge in [0.2, 0.25) is 0 Å². The van der Waals surface area contributed by atoms with Crippen molar-refractivity contribution in [2.75, 3.05) is 24.0 Å². The molecule has 1 aliphatic rings. The predicted molar refractivity (Wildman–Crippen MR) is 75.8 cm³/mol. The number of hydrazine groups is 1. The lowest BCUT2D eigenvalue weighted by Gasteiger charge is -2.30. The first-order valence-electron chi connectivity index (χ1n) is 6.91. The third-order valence-electron chi connectivity index (χ3n) is 3.55. The number of nitrogen functional groups attached to an aromatic ring is 1. The summed E-state index contributed by atoms with van der Waals surface area (Å²) in [5.74, 6) is 7.60. The lowest BCUT2D eigenvalue weighted by molar-refractivity contribution is 0.0536. The zero-order chi connectivity index (χ0) is 13.7. The normalized spacial score (nSPS) is 23.1. The number of nitrogens with one attached hydrogen (secondary N) is 2.